The molecule has 0 fully saturated rings. The van der Waals surface area contributed by atoms with Crippen molar-refractivity contribution >= 4 is 5.96 Å². The second-order valence-corrected chi connectivity index (χ2v) is 6.87. The first-order chi connectivity index (χ1) is 13.3. The zero-order valence-electron chi connectivity index (χ0n) is 16.6. The fourth-order valence-corrected chi connectivity index (χ4v) is 2.85. The lowest BCUT2D eigenvalue weighted by molar-refractivity contribution is -0.137. The van der Waals surface area contributed by atoms with Crippen LogP contribution in [0.5, 0.6) is 0 Å². The summed E-state index contributed by atoms with van der Waals surface area (Å²) in [6.45, 7) is 6.13. The summed E-state index contributed by atoms with van der Waals surface area (Å²) in [6.07, 6.45) is 1.13. The van der Waals surface area contributed by atoms with Crippen LogP contribution in [0.25, 0.3) is 0 Å². The summed E-state index contributed by atoms with van der Waals surface area (Å²) in [6, 6.07) is 5.53. The molecule has 1 atom stereocenters. The molecule has 154 valence electrons. The third kappa shape index (κ3) is 6.90. The van der Waals surface area contributed by atoms with Gasteiger partial charge in [-0.05, 0) is 42.9 Å². The molecule has 1 unspecified atom stereocenters. The van der Waals surface area contributed by atoms with Crippen molar-refractivity contribution in [1.29, 1.82) is 0 Å². The highest BCUT2D eigenvalue weighted by molar-refractivity contribution is 5.79. The maximum Gasteiger partial charge on any atom is 0.416 e. The van der Waals surface area contributed by atoms with Crippen LogP contribution in [0.15, 0.2) is 41.7 Å². The molecular weight excluding hydrogens is 367 g/mol. The van der Waals surface area contributed by atoms with Gasteiger partial charge in [-0.3, -0.25) is 9.67 Å². The number of halogens is 3. The first-order valence-corrected chi connectivity index (χ1v) is 9.40. The molecule has 0 saturated carbocycles. The largest absolute Gasteiger partial charge is 0.416 e. The van der Waals surface area contributed by atoms with Crippen LogP contribution in [0, 0.1) is 6.92 Å². The lowest BCUT2D eigenvalue weighted by Gasteiger charge is -2.16. The van der Waals surface area contributed by atoms with Crippen LogP contribution < -0.4 is 10.6 Å². The topological polar surface area (TPSA) is 54.2 Å². The van der Waals surface area contributed by atoms with Crippen LogP contribution >= 0.6 is 0 Å². The summed E-state index contributed by atoms with van der Waals surface area (Å²) < 4.78 is 40.5. The molecule has 0 saturated heterocycles. The van der Waals surface area contributed by atoms with E-state index in [1.165, 1.54) is 12.1 Å². The second-order valence-electron chi connectivity index (χ2n) is 6.87. The van der Waals surface area contributed by atoms with Crippen molar-refractivity contribution in [2.24, 2.45) is 4.99 Å². The van der Waals surface area contributed by atoms with E-state index in [0.717, 1.165) is 31.1 Å². The molecule has 28 heavy (non-hydrogen) atoms. The maximum absolute atomic E-state index is 12.9. The molecule has 1 aromatic carbocycles. The third-order valence-corrected chi connectivity index (χ3v) is 4.50. The highest BCUT2D eigenvalue weighted by atomic mass is 19.4. The summed E-state index contributed by atoms with van der Waals surface area (Å²) in [5.74, 6) is 0.698. The lowest BCUT2D eigenvalue weighted by Crippen LogP contribution is -2.38. The molecule has 0 bridgehead atoms. The molecule has 1 heterocycles. The number of nitrogens with one attached hydrogen (secondary N) is 2. The van der Waals surface area contributed by atoms with Gasteiger partial charge >= 0.3 is 6.18 Å². The fourth-order valence-electron chi connectivity index (χ4n) is 2.85. The average molecular weight is 395 g/mol. The van der Waals surface area contributed by atoms with Crippen molar-refractivity contribution < 1.29 is 13.2 Å². The number of benzene rings is 1. The van der Waals surface area contributed by atoms with Crippen LogP contribution in [-0.2, 0) is 12.7 Å². The molecule has 2 rings (SSSR count). The molecule has 0 amide bonds. The van der Waals surface area contributed by atoms with Crippen LogP contribution in [-0.4, -0.2) is 35.9 Å². The average Bonchev–Trinajstić information content (AvgIpc) is 3.08. The Hall–Kier alpha value is -2.51. The SMILES string of the molecule is CN=C(NCCCn1cc(C)cn1)NCCC(C)c1cccc(C(F)(F)F)c1. The zero-order chi connectivity index (χ0) is 20.6. The van der Waals surface area contributed by atoms with Gasteiger partial charge in [0.1, 0.15) is 0 Å². The predicted molar refractivity (Wildman–Crippen MR) is 105 cm³/mol. The van der Waals surface area contributed by atoms with Crippen molar-refractivity contribution in [3.8, 4) is 0 Å². The standard InChI is InChI=1S/C20H28F3N5/c1-15-13-27-28(14-15)11-5-9-25-19(24-3)26-10-8-16(2)17-6-4-7-18(12-17)20(21,22)23/h4,6-7,12-14,16H,5,8-11H2,1-3H3,(H2,24,25,26). The molecule has 0 radical (unpaired) electrons. The molecule has 0 aliphatic carbocycles. The van der Waals surface area contributed by atoms with Crippen molar-refractivity contribution in [1.82, 2.24) is 20.4 Å². The van der Waals surface area contributed by atoms with Gasteiger partial charge in [0.15, 0.2) is 5.96 Å². The summed E-state index contributed by atoms with van der Waals surface area (Å²) in [5.41, 5.74) is 1.23. The van der Waals surface area contributed by atoms with Gasteiger partial charge in [-0.2, -0.15) is 18.3 Å². The number of aromatic nitrogens is 2. The number of hydrogen-bond donors (Lipinski definition) is 2. The van der Waals surface area contributed by atoms with Crippen molar-refractivity contribution in [3.05, 3.63) is 53.3 Å². The number of alkyl halides is 3. The first kappa shape index (κ1) is 21.8. The maximum atomic E-state index is 12.9. The molecule has 5 nitrogen and oxygen atoms in total. The number of nitrogens with zero attached hydrogens (tertiary/aromatic N) is 3. The smallest absolute Gasteiger partial charge is 0.356 e. The van der Waals surface area contributed by atoms with Crippen LogP contribution in [0.1, 0.15) is 42.4 Å². The number of guanidine groups is 1. The summed E-state index contributed by atoms with van der Waals surface area (Å²) in [7, 11) is 1.70. The predicted octanol–water partition coefficient (Wildman–Crippen LogP) is 3.96. The fraction of sp³-hybridized carbons (Fsp3) is 0.500. The molecule has 2 aromatic rings. The van der Waals surface area contributed by atoms with Crippen molar-refractivity contribution in [3.63, 3.8) is 0 Å². The minimum absolute atomic E-state index is 0.0101. The molecular formula is C20H28F3N5. The Labute approximate surface area is 164 Å². The minimum Gasteiger partial charge on any atom is -0.356 e. The van der Waals surface area contributed by atoms with E-state index in [9.17, 15) is 13.2 Å². The highest BCUT2D eigenvalue weighted by Crippen LogP contribution is 2.31. The summed E-state index contributed by atoms with van der Waals surface area (Å²) in [5, 5.41) is 10.7. The minimum atomic E-state index is -4.31. The van der Waals surface area contributed by atoms with E-state index in [-0.39, 0.29) is 5.92 Å². The third-order valence-electron chi connectivity index (χ3n) is 4.50. The Balaban J connectivity index is 1.71. The Morgan fingerprint density at radius 1 is 1.25 bits per heavy atom. The van der Waals surface area contributed by atoms with Crippen LogP contribution in [0.2, 0.25) is 0 Å². The summed E-state index contributed by atoms with van der Waals surface area (Å²) >= 11 is 0. The van der Waals surface area contributed by atoms with Gasteiger partial charge < -0.3 is 10.6 Å². The summed E-state index contributed by atoms with van der Waals surface area (Å²) in [4.78, 5) is 4.18. The van der Waals surface area contributed by atoms with Gasteiger partial charge in [0.05, 0.1) is 11.8 Å². The highest BCUT2D eigenvalue weighted by Gasteiger charge is 2.30. The van der Waals surface area contributed by atoms with Crippen molar-refractivity contribution in [2.75, 3.05) is 20.1 Å². The van der Waals surface area contributed by atoms with E-state index in [2.05, 4.69) is 20.7 Å². The Kier molecular flexibility index (Phi) is 7.90. The number of rotatable bonds is 8. The van der Waals surface area contributed by atoms with E-state index in [0.29, 0.717) is 24.5 Å². The van der Waals surface area contributed by atoms with Crippen molar-refractivity contribution in [2.45, 2.75) is 45.3 Å². The lowest BCUT2D eigenvalue weighted by atomic mass is 9.96. The van der Waals surface area contributed by atoms with Crippen LogP contribution in [0.4, 0.5) is 13.2 Å². The van der Waals surface area contributed by atoms with Gasteiger partial charge in [-0.15, -0.1) is 0 Å². The van der Waals surface area contributed by atoms with E-state index in [4.69, 9.17) is 0 Å². The molecule has 2 N–H and O–H groups in total. The van der Waals surface area contributed by atoms with E-state index >= 15 is 0 Å². The monoisotopic (exact) mass is 395 g/mol. The molecule has 1 aromatic heterocycles. The zero-order valence-corrected chi connectivity index (χ0v) is 16.6. The van der Waals surface area contributed by atoms with E-state index in [1.807, 2.05) is 30.9 Å². The van der Waals surface area contributed by atoms with Gasteiger partial charge in [-0.1, -0.05) is 25.1 Å². The Morgan fingerprint density at radius 3 is 2.64 bits per heavy atom. The van der Waals surface area contributed by atoms with Gasteiger partial charge in [0, 0.05) is 32.9 Å². The molecule has 0 aliphatic rings. The van der Waals surface area contributed by atoms with Crippen LogP contribution in [0.3, 0.4) is 0 Å². The second kappa shape index (κ2) is 10.1. The van der Waals surface area contributed by atoms with E-state index in [1.54, 1.807) is 13.1 Å². The normalized spacial score (nSPS) is 13.4. The van der Waals surface area contributed by atoms with Gasteiger partial charge in [0.2, 0.25) is 0 Å². The number of aryl methyl sites for hydroxylation is 2. The molecule has 0 aliphatic heterocycles. The van der Waals surface area contributed by atoms with E-state index < -0.39 is 11.7 Å². The van der Waals surface area contributed by atoms with Gasteiger partial charge in [0.25, 0.3) is 0 Å². The number of aliphatic imine (C=N–C) groups is 1. The molecule has 0 spiro atoms. The Morgan fingerprint density at radius 2 is 2.00 bits per heavy atom. The Bertz CT molecular complexity index is 767. The van der Waals surface area contributed by atoms with Gasteiger partial charge in [-0.25, -0.2) is 0 Å². The molecule has 8 heteroatoms. The quantitative estimate of drug-likeness (QED) is 0.404. The number of hydrogen-bond acceptors (Lipinski definition) is 2. The first-order valence-electron chi connectivity index (χ1n) is 9.40.